The first-order chi connectivity index (χ1) is 63.9. The number of benzene rings is 4. The van der Waals surface area contributed by atoms with E-state index in [0.29, 0.717) is 171 Å². The Morgan fingerprint density at radius 3 is 1.02 bits per heavy atom. The van der Waals surface area contributed by atoms with Crippen molar-refractivity contribution in [2.45, 2.75) is 66.7 Å². The minimum Gasteiger partial charge on any atom is -0.366 e. The van der Waals surface area contributed by atoms with Crippen LogP contribution in [-0.4, -0.2) is 168 Å². The van der Waals surface area contributed by atoms with Gasteiger partial charge in [0.15, 0.2) is 45.9 Å². The molecule has 0 radical (unpaired) electrons. The standard InChI is InChI=1S/C24H22N8O2.C23H18N8O2.C23H20N8O2.C23H19N7O2/c1-12(2)6-19(33)28-15-7-13(9-26-11-15)14-8-17-21(31-32-23(17)27-10-14)24-29-18-5-3-4-16(22(25)34)20(18)30-24;24-20(32)15-2-1-3-17-18(15)29-22(28-17)19-16-7-13(9-26-21(16)31-30-19)12-6-14(10-25-8-12)27-23(33)11-4-5-11;1-11(2)23(33)27-14-6-12(8-25-10-14)13-7-16-19(30-31-21(16)26-9-13)22-28-17-5-3-4-15(20(24)32)18(17)29-22;1-2-15(31)9-14-7-6-12(10-25-14)13-8-17-20(29-30-22(17)26-11-13)23-27-18-5-3-4-16(21(24)32)19(18)28-23/h3-5,7-12H,6H2,1-2H3,(H2,25,34)(H,28,33)(H,29,30)(H,27,31,32);1-3,6-11H,4-5H2,(H2,24,32)(H,27,33)(H,28,29)(H,26,30,31);3-11H,1-2H3,(H2,24,32)(H,27,33)(H,28,29)(H,26,30,31);3-8,10-11H,2,9H2,1H3,(H2,24,32)(H,27,28)(H,26,29,30). The van der Waals surface area contributed by atoms with Crippen LogP contribution in [0.15, 0.2) is 196 Å². The van der Waals surface area contributed by atoms with Crippen molar-refractivity contribution in [1.82, 2.24) is 121 Å². The van der Waals surface area contributed by atoms with Gasteiger partial charge in [0.05, 0.1) is 102 Å². The molecule has 0 aliphatic heterocycles. The molecule has 1 fully saturated rings. The number of hydrogen-bond acceptors (Lipinski definition) is 24. The van der Waals surface area contributed by atoms with Gasteiger partial charge in [0.2, 0.25) is 17.7 Å². The molecule has 0 atom stereocenters. The first-order valence-corrected chi connectivity index (χ1v) is 41.7. The number of anilines is 3. The number of hydrogen-bond donors (Lipinski definition) is 15. The number of aromatic amines is 8. The summed E-state index contributed by atoms with van der Waals surface area (Å²) >= 11 is 0. The number of nitrogens with one attached hydrogen (secondary N) is 11. The van der Waals surface area contributed by atoms with Gasteiger partial charge >= 0.3 is 0 Å². The quantitative estimate of drug-likeness (QED) is 0.0300. The third-order valence-electron chi connectivity index (χ3n) is 21.7. The van der Waals surface area contributed by atoms with Crippen LogP contribution in [0.3, 0.4) is 0 Å². The number of fused-ring (bicyclic) bond motifs is 8. The van der Waals surface area contributed by atoms with Crippen LogP contribution in [0.5, 0.6) is 0 Å². The van der Waals surface area contributed by atoms with E-state index in [4.69, 9.17) is 22.9 Å². The number of nitrogens with zero attached hydrogens (tertiary/aromatic N) is 16. The van der Waals surface area contributed by atoms with Crippen molar-refractivity contribution < 1.29 is 38.4 Å². The van der Waals surface area contributed by atoms with Gasteiger partial charge in [-0.15, -0.1) is 0 Å². The monoisotopic (exact) mass is 1760 g/mol. The maximum absolute atomic E-state index is 12.1. The lowest BCUT2D eigenvalue weighted by molar-refractivity contribution is -0.119. The number of H-pyrrole nitrogens is 8. The predicted octanol–water partition coefficient (Wildman–Crippen LogP) is 13.1. The van der Waals surface area contributed by atoms with E-state index < -0.39 is 23.6 Å². The molecule has 16 aromatic heterocycles. The summed E-state index contributed by atoms with van der Waals surface area (Å²) in [7, 11) is 0. The van der Waals surface area contributed by atoms with Crippen LogP contribution in [-0.2, 0) is 25.6 Å². The van der Waals surface area contributed by atoms with E-state index in [9.17, 15) is 38.4 Å². The summed E-state index contributed by atoms with van der Waals surface area (Å²) in [4.78, 5) is 161. The van der Waals surface area contributed by atoms with Crippen molar-refractivity contribution in [1.29, 1.82) is 0 Å². The number of amides is 7. The zero-order valence-electron chi connectivity index (χ0n) is 71.0. The average Bonchev–Trinajstić information content (AvgIpc) is 1.64. The first kappa shape index (κ1) is 84.6. The summed E-state index contributed by atoms with van der Waals surface area (Å²) in [6.45, 7) is 9.49. The Morgan fingerprint density at radius 2 is 0.705 bits per heavy atom. The van der Waals surface area contributed by atoms with Crippen LogP contribution < -0.4 is 38.9 Å². The molecule has 1 aliphatic carbocycles. The second-order valence-electron chi connectivity index (χ2n) is 31.9. The number of Topliss-reactive ketones (excluding diaryl/α,β-unsaturated/α-hetero) is 1. The molecule has 0 spiro atoms. The summed E-state index contributed by atoms with van der Waals surface area (Å²) in [5.41, 5.74) is 41.9. The first-order valence-electron chi connectivity index (χ1n) is 41.7. The van der Waals surface area contributed by atoms with Crippen molar-refractivity contribution in [2.24, 2.45) is 40.7 Å². The third-order valence-corrected chi connectivity index (χ3v) is 21.7. The Kier molecular flexibility index (Phi) is 22.9. The molecule has 4 aromatic carbocycles. The average molecular weight is 1760 g/mol. The van der Waals surface area contributed by atoms with Gasteiger partial charge in [0, 0.05) is 131 Å². The van der Waals surface area contributed by atoms with E-state index in [1.807, 2.05) is 113 Å². The van der Waals surface area contributed by atoms with Crippen LogP contribution in [0.1, 0.15) is 107 Å². The topological polar surface area (TPSA) is 609 Å². The van der Waals surface area contributed by atoms with E-state index in [0.717, 1.165) is 84.6 Å². The Balaban J connectivity index is 0.000000118. The minimum atomic E-state index is -0.547. The highest BCUT2D eigenvalue weighted by atomic mass is 16.2. The van der Waals surface area contributed by atoms with Crippen molar-refractivity contribution in [3.8, 4) is 90.6 Å². The summed E-state index contributed by atoms with van der Waals surface area (Å²) < 4.78 is 0. The predicted molar refractivity (Wildman–Crippen MR) is 495 cm³/mol. The van der Waals surface area contributed by atoms with Gasteiger partial charge in [-0.25, -0.2) is 39.9 Å². The molecule has 19 N–H and O–H groups in total. The van der Waals surface area contributed by atoms with Crippen LogP contribution >= 0.6 is 0 Å². The largest absolute Gasteiger partial charge is 0.366 e. The van der Waals surface area contributed by atoms with Crippen molar-refractivity contribution >= 4 is 152 Å². The molecule has 132 heavy (non-hydrogen) atoms. The molecule has 39 nitrogen and oxygen atoms in total. The molecule has 0 saturated heterocycles. The third kappa shape index (κ3) is 17.7. The van der Waals surface area contributed by atoms with Gasteiger partial charge in [-0.1, -0.05) is 65.0 Å². The van der Waals surface area contributed by atoms with E-state index in [2.05, 4.69) is 136 Å². The highest BCUT2D eigenvalue weighted by Gasteiger charge is 2.30. The van der Waals surface area contributed by atoms with E-state index >= 15 is 0 Å². The lowest BCUT2D eigenvalue weighted by Crippen LogP contribution is -2.17. The molecule has 1 saturated carbocycles. The number of aromatic nitrogens is 24. The fourth-order valence-electron chi connectivity index (χ4n) is 14.8. The van der Waals surface area contributed by atoms with Crippen LogP contribution in [0.2, 0.25) is 0 Å². The second kappa shape index (κ2) is 35.7. The molecule has 0 bridgehead atoms. The minimum absolute atomic E-state index is 0.0277. The number of imidazole rings is 4. The molecule has 0 unspecified atom stereocenters. The highest BCUT2D eigenvalue weighted by Crippen LogP contribution is 2.38. The normalized spacial score (nSPS) is 11.9. The fourth-order valence-corrected chi connectivity index (χ4v) is 14.8. The highest BCUT2D eigenvalue weighted by molar-refractivity contribution is 6.09. The molecule has 654 valence electrons. The molecule has 1 aliphatic rings. The lowest BCUT2D eigenvalue weighted by Gasteiger charge is -2.09. The fraction of sp³-hybridized carbons (Fsp3) is 0.140. The van der Waals surface area contributed by atoms with Gasteiger partial charge in [0.25, 0.3) is 23.6 Å². The molecular weight excluding hydrogens is 1680 g/mol. The van der Waals surface area contributed by atoms with Gasteiger partial charge in [-0.3, -0.25) is 78.7 Å². The van der Waals surface area contributed by atoms with Crippen molar-refractivity contribution in [3.05, 3.63) is 224 Å². The van der Waals surface area contributed by atoms with Crippen molar-refractivity contribution in [3.63, 3.8) is 0 Å². The number of ketones is 1. The zero-order chi connectivity index (χ0) is 91.7. The summed E-state index contributed by atoms with van der Waals surface area (Å²) in [6, 6.07) is 37.9. The number of primary amides is 4. The Bertz CT molecular complexity index is 7760. The Morgan fingerprint density at radius 1 is 0.379 bits per heavy atom. The molecule has 7 amide bonds. The van der Waals surface area contributed by atoms with Gasteiger partial charge in [0.1, 0.15) is 50.6 Å². The number of carbonyl (C=O) groups is 8. The van der Waals surface area contributed by atoms with E-state index in [1.165, 1.54) is 0 Å². The number of rotatable bonds is 22. The molecule has 20 aromatic rings. The summed E-state index contributed by atoms with van der Waals surface area (Å²) in [5, 5.41) is 40.7. The zero-order valence-corrected chi connectivity index (χ0v) is 71.0. The van der Waals surface area contributed by atoms with Crippen LogP contribution in [0, 0.1) is 17.8 Å². The van der Waals surface area contributed by atoms with Gasteiger partial charge in [-0.2, -0.15) is 20.4 Å². The van der Waals surface area contributed by atoms with Gasteiger partial charge < -0.3 is 58.8 Å². The Labute approximate surface area is 745 Å². The number of carbonyl (C=O) groups excluding carboxylic acids is 8. The van der Waals surface area contributed by atoms with Crippen LogP contribution in [0.25, 0.3) is 179 Å². The maximum Gasteiger partial charge on any atom is 0.250 e. The maximum atomic E-state index is 12.1. The second-order valence-corrected chi connectivity index (χ2v) is 31.9. The SMILES string of the molecule is CC(C)C(=O)Nc1cncc(-c2cnc3n[nH]c(-c4nc5c(C(N)=O)cccc5[nH]4)c3c2)c1.CC(C)CC(=O)Nc1cncc(-c2cnc3n[nH]c(-c4nc5c(C(N)=O)cccc5[nH]4)c3c2)c1.CCC(=O)Cc1ccc(-c2cnc3n[nH]c(-c4nc5c(C(N)=O)cccc5[nH]4)c3c2)cn1.NC(=O)c1cccc2[nH]c(-c3[nH]nc4ncc(-c5cncc(NC(=O)C6CC6)c5)cc34)nc12. The van der Waals surface area contributed by atoms with E-state index in [-0.39, 0.29) is 41.3 Å². The molecular formula is C93H79N31O8. The lowest BCUT2D eigenvalue weighted by atomic mass is 10.1. The number of nitrogens with two attached hydrogens (primary N) is 4. The molecule has 39 heteroatoms. The van der Waals surface area contributed by atoms with E-state index in [1.54, 1.807) is 117 Å². The number of pyridine rings is 8. The van der Waals surface area contributed by atoms with Crippen molar-refractivity contribution in [2.75, 3.05) is 16.0 Å². The van der Waals surface area contributed by atoms with Gasteiger partial charge in [-0.05, 0) is 116 Å². The summed E-state index contributed by atoms with van der Waals surface area (Å²) in [6.07, 6.45) is 21.7. The molecule has 21 rings (SSSR count). The summed E-state index contributed by atoms with van der Waals surface area (Å²) in [5.74, 6) is 0.171. The van der Waals surface area contributed by atoms with Crippen LogP contribution in [0.4, 0.5) is 17.1 Å². The molecule has 16 heterocycles. The number of para-hydroxylation sites is 4. The smallest absolute Gasteiger partial charge is 0.250 e. The Hall–Kier alpha value is -18.2.